The molecule has 146 valence electrons. The van der Waals surface area contributed by atoms with Gasteiger partial charge in [0.1, 0.15) is 0 Å². The van der Waals surface area contributed by atoms with Gasteiger partial charge in [-0.05, 0) is 45.8 Å². The fourth-order valence-corrected chi connectivity index (χ4v) is 4.66. The predicted molar refractivity (Wildman–Crippen MR) is 117 cm³/mol. The molecule has 1 amide bonds. The summed E-state index contributed by atoms with van der Waals surface area (Å²) in [6, 6.07) is 16.9. The Morgan fingerprint density at radius 2 is 1.86 bits per heavy atom. The van der Waals surface area contributed by atoms with Crippen molar-refractivity contribution in [1.82, 2.24) is 15.1 Å². The zero-order valence-corrected chi connectivity index (χ0v) is 17.1. The molecule has 0 radical (unpaired) electrons. The lowest BCUT2D eigenvalue weighted by molar-refractivity contribution is -0.120. The second-order valence-electron chi connectivity index (χ2n) is 7.53. The van der Waals surface area contributed by atoms with E-state index in [0.29, 0.717) is 13.0 Å². The lowest BCUT2D eigenvalue weighted by atomic mass is 10.0. The smallest absolute Gasteiger partial charge is 0.224 e. The Morgan fingerprint density at radius 3 is 2.64 bits per heavy atom. The van der Waals surface area contributed by atoms with Crippen LogP contribution in [0.5, 0.6) is 0 Å². The summed E-state index contributed by atoms with van der Waals surface area (Å²) in [5, 5.41) is 9.88. The molecule has 1 aromatic heterocycles. The predicted octanol–water partition coefficient (Wildman–Crippen LogP) is 3.55. The van der Waals surface area contributed by atoms with Crippen molar-refractivity contribution in [3.05, 3.63) is 70.4 Å². The van der Waals surface area contributed by atoms with Crippen LogP contribution in [0.2, 0.25) is 0 Å². The van der Waals surface area contributed by atoms with Gasteiger partial charge in [0, 0.05) is 32.7 Å². The molecule has 1 unspecified atom stereocenters. The highest BCUT2D eigenvalue weighted by atomic mass is 32.1. The van der Waals surface area contributed by atoms with E-state index in [1.807, 2.05) is 18.2 Å². The first-order valence-electron chi connectivity index (χ1n) is 9.89. The third-order valence-electron chi connectivity index (χ3n) is 5.63. The van der Waals surface area contributed by atoms with Gasteiger partial charge in [0.15, 0.2) is 0 Å². The number of carbonyl (C=O) groups is 1. The first-order valence-corrected chi connectivity index (χ1v) is 10.8. The van der Waals surface area contributed by atoms with E-state index in [1.165, 1.54) is 10.9 Å². The minimum absolute atomic E-state index is 0.0886. The Kier molecular flexibility index (Phi) is 6.05. The molecule has 3 aromatic rings. The van der Waals surface area contributed by atoms with Gasteiger partial charge in [-0.3, -0.25) is 9.69 Å². The summed E-state index contributed by atoms with van der Waals surface area (Å²) in [6.07, 6.45) is 0.417. The third kappa shape index (κ3) is 4.43. The molecule has 28 heavy (non-hydrogen) atoms. The number of rotatable bonds is 6. The van der Waals surface area contributed by atoms with E-state index < -0.39 is 0 Å². The van der Waals surface area contributed by atoms with Crippen molar-refractivity contribution < 1.29 is 4.79 Å². The molecule has 2 heterocycles. The molecule has 1 aliphatic rings. The first kappa shape index (κ1) is 19.1. The average Bonchev–Trinajstić information content (AvgIpc) is 3.24. The Labute approximate surface area is 170 Å². The van der Waals surface area contributed by atoms with Crippen LogP contribution < -0.4 is 5.32 Å². The molecule has 2 aromatic carbocycles. The third-order valence-corrected chi connectivity index (χ3v) is 6.33. The Morgan fingerprint density at radius 1 is 1.07 bits per heavy atom. The summed E-state index contributed by atoms with van der Waals surface area (Å²) in [4.78, 5) is 17.6. The number of carbonyl (C=O) groups excluding carboxylic acids is 1. The van der Waals surface area contributed by atoms with Crippen LogP contribution in [0.25, 0.3) is 10.8 Å². The molecule has 4 nitrogen and oxygen atoms in total. The van der Waals surface area contributed by atoms with Crippen LogP contribution in [-0.2, 0) is 11.2 Å². The zero-order valence-electron chi connectivity index (χ0n) is 16.3. The second-order valence-corrected chi connectivity index (χ2v) is 8.31. The molecular weight excluding hydrogens is 366 g/mol. The maximum absolute atomic E-state index is 12.7. The van der Waals surface area contributed by atoms with Gasteiger partial charge in [0.25, 0.3) is 0 Å². The maximum atomic E-state index is 12.7. The van der Waals surface area contributed by atoms with Crippen LogP contribution in [0, 0.1) is 0 Å². The molecule has 0 aliphatic carbocycles. The van der Waals surface area contributed by atoms with Crippen LogP contribution in [0.1, 0.15) is 17.2 Å². The number of piperazine rings is 1. The van der Waals surface area contributed by atoms with Crippen molar-refractivity contribution in [1.29, 1.82) is 0 Å². The minimum Gasteiger partial charge on any atom is -0.354 e. The minimum atomic E-state index is 0.0886. The van der Waals surface area contributed by atoms with E-state index in [2.05, 4.69) is 63.3 Å². The van der Waals surface area contributed by atoms with Crippen LogP contribution >= 0.6 is 11.3 Å². The monoisotopic (exact) mass is 393 g/mol. The Balaban J connectivity index is 1.42. The highest BCUT2D eigenvalue weighted by Gasteiger charge is 2.24. The van der Waals surface area contributed by atoms with Gasteiger partial charge in [-0.2, -0.15) is 11.3 Å². The first-order chi connectivity index (χ1) is 13.7. The number of hydrogen-bond acceptors (Lipinski definition) is 4. The summed E-state index contributed by atoms with van der Waals surface area (Å²) in [5.41, 5.74) is 2.39. The van der Waals surface area contributed by atoms with Crippen LogP contribution in [-0.4, -0.2) is 55.5 Å². The van der Waals surface area contributed by atoms with E-state index in [1.54, 1.807) is 11.3 Å². The zero-order chi connectivity index (χ0) is 19.3. The largest absolute Gasteiger partial charge is 0.354 e. The van der Waals surface area contributed by atoms with Crippen molar-refractivity contribution in [2.24, 2.45) is 0 Å². The maximum Gasteiger partial charge on any atom is 0.224 e. The van der Waals surface area contributed by atoms with Crippen LogP contribution in [0.4, 0.5) is 0 Å². The molecule has 1 fully saturated rings. The topological polar surface area (TPSA) is 35.6 Å². The van der Waals surface area contributed by atoms with Crippen molar-refractivity contribution >= 4 is 28.0 Å². The van der Waals surface area contributed by atoms with Gasteiger partial charge >= 0.3 is 0 Å². The van der Waals surface area contributed by atoms with Crippen molar-refractivity contribution in [3.63, 3.8) is 0 Å². The molecule has 1 aliphatic heterocycles. The SMILES string of the molecule is CN1CCN(C(CNC(=O)Cc2cccc3ccccc23)c2ccsc2)CC1. The molecule has 5 heteroatoms. The van der Waals surface area contributed by atoms with E-state index in [4.69, 9.17) is 0 Å². The Bertz CT molecular complexity index is 911. The molecular formula is C23H27N3OS. The Hall–Kier alpha value is -2.21. The van der Waals surface area contributed by atoms with Gasteiger partial charge in [0.05, 0.1) is 12.5 Å². The summed E-state index contributed by atoms with van der Waals surface area (Å²) in [5.74, 6) is 0.0886. The standard InChI is InChI=1S/C23H27N3OS/c1-25-10-12-26(13-11-25)22(20-9-14-28-17-20)16-24-23(27)15-19-7-4-6-18-5-2-3-8-21(18)19/h2-9,14,17,22H,10-13,15-16H2,1H3,(H,24,27). The number of likely N-dealkylation sites (N-methyl/N-ethyl adjacent to an activating group) is 1. The van der Waals surface area contributed by atoms with E-state index in [9.17, 15) is 4.79 Å². The number of nitrogens with zero attached hydrogens (tertiary/aromatic N) is 2. The fraction of sp³-hybridized carbons (Fsp3) is 0.348. The number of benzene rings is 2. The molecule has 1 atom stereocenters. The van der Waals surface area contributed by atoms with Gasteiger partial charge in [-0.25, -0.2) is 0 Å². The highest BCUT2D eigenvalue weighted by Crippen LogP contribution is 2.24. The molecule has 0 bridgehead atoms. The van der Waals surface area contributed by atoms with Crippen LogP contribution in [0.15, 0.2) is 59.3 Å². The van der Waals surface area contributed by atoms with E-state index in [0.717, 1.165) is 37.1 Å². The van der Waals surface area contributed by atoms with E-state index >= 15 is 0 Å². The fourth-order valence-electron chi connectivity index (χ4n) is 3.95. The summed E-state index contributed by atoms with van der Waals surface area (Å²) < 4.78 is 0. The lowest BCUT2D eigenvalue weighted by Crippen LogP contribution is -2.48. The number of nitrogens with one attached hydrogen (secondary N) is 1. The normalized spacial score (nSPS) is 16.9. The molecule has 0 spiro atoms. The van der Waals surface area contributed by atoms with Gasteiger partial charge in [-0.15, -0.1) is 0 Å². The molecule has 4 rings (SSSR count). The quantitative estimate of drug-likeness (QED) is 0.696. The molecule has 1 N–H and O–H groups in total. The van der Waals surface area contributed by atoms with Crippen LogP contribution in [0.3, 0.4) is 0 Å². The second kappa shape index (κ2) is 8.86. The highest BCUT2D eigenvalue weighted by molar-refractivity contribution is 7.07. The number of amides is 1. The van der Waals surface area contributed by atoms with E-state index in [-0.39, 0.29) is 11.9 Å². The average molecular weight is 394 g/mol. The van der Waals surface area contributed by atoms with Crippen molar-refractivity contribution in [3.8, 4) is 0 Å². The molecule has 0 saturated carbocycles. The number of hydrogen-bond donors (Lipinski definition) is 1. The van der Waals surface area contributed by atoms with Crippen molar-refractivity contribution in [2.75, 3.05) is 39.8 Å². The summed E-state index contributed by atoms with van der Waals surface area (Å²) in [6.45, 7) is 4.88. The molecule has 1 saturated heterocycles. The number of fused-ring (bicyclic) bond motifs is 1. The van der Waals surface area contributed by atoms with Crippen molar-refractivity contribution in [2.45, 2.75) is 12.5 Å². The van der Waals surface area contributed by atoms with Gasteiger partial charge < -0.3 is 10.2 Å². The summed E-state index contributed by atoms with van der Waals surface area (Å²) >= 11 is 1.72. The van der Waals surface area contributed by atoms with Gasteiger partial charge in [0.2, 0.25) is 5.91 Å². The number of thiophene rings is 1. The summed E-state index contributed by atoms with van der Waals surface area (Å²) in [7, 11) is 2.17. The van der Waals surface area contributed by atoms with Gasteiger partial charge in [-0.1, -0.05) is 42.5 Å². The lowest BCUT2D eigenvalue weighted by Gasteiger charge is -2.38.